The monoisotopic (exact) mass is 209 g/mol. The summed E-state index contributed by atoms with van der Waals surface area (Å²) < 4.78 is 10.8. The van der Waals surface area contributed by atoms with Gasteiger partial charge in [-0.15, -0.1) is 0 Å². The molecule has 0 saturated heterocycles. The highest BCUT2D eigenvalue weighted by Crippen LogP contribution is 2.21. The molecule has 0 aliphatic rings. The Hall–Kier alpha value is -1.06. The first kappa shape index (κ1) is 12.0. The lowest BCUT2D eigenvalue weighted by atomic mass is 10.1. The number of hydrogen-bond acceptors (Lipinski definition) is 3. The van der Waals surface area contributed by atoms with E-state index in [2.05, 4.69) is 6.92 Å². The highest BCUT2D eigenvalue weighted by molar-refractivity contribution is 5.30. The minimum atomic E-state index is -0.0277. The van der Waals surface area contributed by atoms with Crippen LogP contribution in [0.4, 0.5) is 0 Å². The Morgan fingerprint density at radius 3 is 2.80 bits per heavy atom. The Morgan fingerprint density at radius 2 is 2.20 bits per heavy atom. The fourth-order valence-electron chi connectivity index (χ4n) is 1.40. The van der Waals surface area contributed by atoms with E-state index in [0.717, 1.165) is 24.3 Å². The molecule has 0 amide bonds. The second-order valence-corrected chi connectivity index (χ2v) is 3.37. The molecule has 0 bridgehead atoms. The molecule has 3 nitrogen and oxygen atoms in total. The third-order valence-electron chi connectivity index (χ3n) is 2.20. The van der Waals surface area contributed by atoms with Crippen LogP contribution in [-0.2, 0) is 4.74 Å². The van der Waals surface area contributed by atoms with Gasteiger partial charge in [0.25, 0.3) is 0 Å². The average Bonchev–Trinajstić information content (AvgIpc) is 2.30. The molecule has 1 rings (SSSR count). The molecule has 84 valence electrons. The summed E-state index contributed by atoms with van der Waals surface area (Å²) in [6.45, 7) is 3.31. The summed E-state index contributed by atoms with van der Waals surface area (Å²) in [5.41, 5.74) is 6.75. The Morgan fingerprint density at radius 1 is 1.40 bits per heavy atom. The number of rotatable bonds is 6. The van der Waals surface area contributed by atoms with Crippen molar-refractivity contribution in [3.63, 3.8) is 0 Å². The van der Waals surface area contributed by atoms with Crippen molar-refractivity contribution in [1.82, 2.24) is 0 Å². The quantitative estimate of drug-likeness (QED) is 0.780. The average molecular weight is 209 g/mol. The first-order valence-electron chi connectivity index (χ1n) is 5.27. The molecule has 1 aromatic carbocycles. The van der Waals surface area contributed by atoms with Gasteiger partial charge in [-0.2, -0.15) is 0 Å². The van der Waals surface area contributed by atoms with Crippen LogP contribution in [0.3, 0.4) is 0 Å². The molecule has 0 aliphatic carbocycles. The first-order valence-corrected chi connectivity index (χ1v) is 5.27. The molecule has 0 saturated carbocycles. The number of ether oxygens (including phenoxy) is 2. The zero-order valence-electron chi connectivity index (χ0n) is 9.40. The van der Waals surface area contributed by atoms with Gasteiger partial charge in [-0.1, -0.05) is 19.1 Å². The van der Waals surface area contributed by atoms with E-state index in [0.29, 0.717) is 6.54 Å². The van der Waals surface area contributed by atoms with E-state index in [9.17, 15) is 0 Å². The van der Waals surface area contributed by atoms with Crippen LogP contribution in [0, 0.1) is 0 Å². The van der Waals surface area contributed by atoms with Crippen LogP contribution in [0.1, 0.15) is 25.0 Å². The van der Waals surface area contributed by atoms with Crippen molar-refractivity contribution in [3.8, 4) is 5.75 Å². The van der Waals surface area contributed by atoms with E-state index in [1.54, 1.807) is 7.11 Å². The second-order valence-electron chi connectivity index (χ2n) is 3.37. The summed E-state index contributed by atoms with van der Waals surface area (Å²) in [6, 6.07) is 7.84. The molecule has 1 unspecified atom stereocenters. The molecule has 0 heterocycles. The van der Waals surface area contributed by atoms with Gasteiger partial charge < -0.3 is 15.2 Å². The lowest BCUT2D eigenvalue weighted by Crippen LogP contribution is -2.16. The van der Waals surface area contributed by atoms with Crippen molar-refractivity contribution in [2.45, 2.75) is 19.4 Å². The summed E-state index contributed by atoms with van der Waals surface area (Å²) in [7, 11) is 1.66. The van der Waals surface area contributed by atoms with E-state index >= 15 is 0 Å². The fraction of sp³-hybridized carbons (Fsp3) is 0.500. The van der Waals surface area contributed by atoms with Crippen molar-refractivity contribution in [3.05, 3.63) is 29.8 Å². The van der Waals surface area contributed by atoms with Gasteiger partial charge in [-0.3, -0.25) is 0 Å². The summed E-state index contributed by atoms with van der Waals surface area (Å²) in [5, 5.41) is 0. The van der Waals surface area contributed by atoms with Crippen molar-refractivity contribution in [2.24, 2.45) is 5.73 Å². The van der Waals surface area contributed by atoms with E-state index < -0.39 is 0 Å². The van der Waals surface area contributed by atoms with Crippen molar-refractivity contribution in [2.75, 3.05) is 20.3 Å². The third kappa shape index (κ3) is 3.53. The smallest absolute Gasteiger partial charge is 0.119 e. The molecule has 3 heteroatoms. The standard InChI is InChI=1S/C12H19NO2/c1-3-7-15-12(9-13)10-5-4-6-11(8-10)14-2/h4-6,8,12H,3,7,9,13H2,1-2H3. The Labute approximate surface area is 91.2 Å². The minimum Gasteiger partial charge on any atom is -0.497 e. The van der Waals surface area contributed by atoms with Crippen LogP contribution in [0.5, 0.6) is 5.75 Å². The SMILES string of the molecule is CCCOC(CN)c1cccc(OC)c1. The Bertz CT molecular complexity index is 289. The summed E-state index contributed by atoms with van der Waals surface area (Å²) >= 11 is 0. The zero-order valence-corrected chi connectivity index (χ0v) is 9.40. The summed E-state index contributed by atoms with van der Waals surface area (Å²) in [6.07, 6.45) is 0.973. The normalized spacial score (nSPS) is 12.5. The molecule has 0 aliphatic heterocycles. The van der Waals surface area contributed by atoms with Gasteiger partial charge in [-0.25, -0.2) is 0 Å². The van der Waals surface area contributed by atoms with Crippen molar-refractivity contribution >= 4 is 0 Å². The minimum absolute atomic E-state index is 0.0277. The predicted octanol–water partition coefficient (Wildman–Crippen LogP) is 2.12. The first-order chi connectivity index (χ1) is 7.31. The molecule has 15 heavy (non-hydrogen) atoms. The topological polar surface area (TPSA) is 44.5 Å². The number of hydrogen-bond donors (Lipinski definition) is 1. The van der Waals surface area contributed by atoms with E-state index in [4.69, 9.17) is 15.2 Å². The van der Waals surface area contributed by atoms with Crippen LogP contribution in [0.2, 0.25) is 0 Å². The largest absolute Gasteiger partial charge is 0.497 e. The van der Waals surface area contributed by atoms with Gasteiger partial charge in [0.2, 0.25) is 0 Å². The van der Waals surface area contributed by atoms with Crippen LogP contribution in [0.15, 0.2) is 24.3 Å². The third-order valence-corrected chi connectivity index (χ3v) is 2.20. The number of benzene rings is 1. The van der Waals surface area contributed by atoms with E-state index in [-0.39, 0.29) is 6.10 Å². The molecular weight excluding hydrogens is 190 g/mol. The summed E-state index contributed by atoms with van der Waals surface area (Å²) in [5.74, 6) is 0.839. The lowest BCUT2D eigenvalue weighted by molar-refractivity contribution is 0.0590. The maximum absolute atomic E-state index is 5.67. The molecule has 0 spiro atoms. The number of nitrogens with two attached hydrogens (primary N) is 1. The Kier molecular flexibility index (Phi) is 5.15. The van der Waals surface area contributed by atoms with Gasteiger partial charge in [0.15, 0.2) is 0 Å². The summed E-state index contributed by atoms with van der Waals surface area (Å²) in [4.78, 5) is 0. The van der Waals surface area contributed by atoms with Crippen LogP contribution >= 0.6 is 0 Å². The predicted molar refractivity (Wildman–Crippen MR) is 61.0 cm³/mol. The molecule has 0 fully saturated rings. The zero-order chi connectivity index (χ0) is 11.1. The number of methoxy groups -OCH3 is 1. The maximum Gasteiger partial charge on any atom is 0.119 e. The molecule has 0 radical (unpaired) electrons. The molecule has 2 N–H and O–H groups in total. The highest BCUT2D eigenvalue weighted by Gasteiger charge is 2.09. The van der Waals surface area contributed by atoms with Crippen molar-refractivity contribution < 1.29 is 9.47 Å². The van der Waals surface area contributed by atoms with E-state index in [1.165, 1.54) is 0 Å². The van der Waals surface area contributed by atoms with Crippen LogP contribution in [0.25, 0.3) is 0 Å². The molecule has 0 aromatic heterocycles. The van der Waals surface area contributed by atoms with Gasteiger partial charge >= 0.3 is 0 Å². The highest BCUT2D eigenvalue weighted by atomic mass is 16.5. The van der Waals surface area contributed by atoms with Gasteiger partial charge in [0.05, 0.1) is 13.2 Å². The molecule has 1 aromatic rings. The fourth-order valence-corrected chi connectivity index (χ4v) is 1.40. The maximum atomic E-state index is 5.67. The Balaban J connectivity index is 2.72. The van der Waals surface area contributed by atoms with Gasteiger partial charge in [0.1, 0.15) is 5.75 Å². The molecular formula is C12H19NO2. The van der Waals surface area contributed by atoms with Crippen LogP contribution in [-0.4, -0.2) is 20.3 Å². The van der Waals surface area contributed by atoms with Gasteiger partial charge in [-0.05, 0) is 24.1 Å². The molecule has 1 atom stereocenters. The van der Waals surface area contributed by atoms with Gasteiger partial charge in [0, 0.05) is 13.2 Å². The second kappa shape index (κ2) is 6.43. The van der Waals surface area contributed by atoms with Crippen LogP contribution < -0.4 is 10.5 Å². The van der Waals surface area contributed by atoms with Crippen molar-refractivity contribution in [1.29, 1.82) is 0 Å². The van der Waals surface area contributed by atoms with E-state index in [1.807, 2.05) is 24.3 Å². The lowest BCUT2D eigenvalue weighted by Gasteiger charge is -2.16.